The highest BCUT2D eigenvalue weighted by atomic mass is 32.2. The molecule has 1 N–H and O–H groups in total. The first-order valence-electron chi connectivity index (χ1n) is 16.8. The van der Waals surface area contributed by atoms with E-state index in [1.807, 2.05) is 26.0 Å². The summed E-state index contributed by atoms with van der Waals surface area (Å²) in [5.41, 5.74) is 7.87. The minimum Gasteiger partial charge on any atom is -0.475 e. The molecule has 0 fully saturated rings. The molecule has 5 aromatic rings. The summed E-state index contributed by atoms with van der Waals surface area (Å²) in [7, 11) is -4.19. The van der Waals surface area contributed by atoms with Gasteiger partial charge in [0.05, 0.1) is 15.9 Å². The number of carbonyl (C=O) groups excluding carboxylic acids is 1. The third-order valence-corrected chi connectivity index (χ3v) is 10.2. The Bertz CT molecular complexity index is 2120. The van der Waals surface area contributed by atoms with E-state index in [1.54, 1.807) is 30.3 Å². The van der Waals surface area contributed by atoms with E-state index in [1.165, 1.54) is 17.7 Å². The van der Waals surface area contributed by atoms with Crippen LogP contribution >= 0.6 is 0 Å². The molecule has 1 aliphatic rings. The van der Waals surface area contributed by atoms with Gasteiger partial charge in [0.25, 0.3) is 15.9 Å². The number of imidazole rings is 1. The zero-order valence-electron chi connectivity index (χ0n) is 28.9. The third kappa shape index (κ3) is 7.15. The highest BCUT2D eigenvalue weighted by molar-refractivity contribution is 7.90. The number of aromatic nitrogens is 2. The second-order valence-corrected chi connectivity index (χ2v) is 14.6. The summed E-state index contributed by atoms with van der Waals surface area (Å²) < 4.78 is 48.9. The van der Waals surface area contributed by atoms with Crippen molar-refractivity contribution in [1.82, 2.24) is 14.3 Å². The fourth-order valence-corrected chi connectivity index (χ4v) is 7.29. The SMILES string of the molecule is CCCc1cc(Cn2c(CC)nc3c(C)cc(C)cc32)ccc1OC(C(=O)NS(=O)(=O)c1ccc(C(C)C)cc1)c1ccc2c(c1)OCO2. The van der Waals surface area contributed by atoms with E-state index in [0.29, 0.717) is 35.8 Å². The van der Waals surface area contributed by atoms with Gasteiger partial charge >= 0.3 is 0 Å². The van der Waals surface area contributed by atoms with Gasteiger partial charge in [-0.1, -0.05) is 70.5 Å². The van der Waals surface area contributed by atoms with Crippen molar-refractivity contribution in [3.63, 3.8) is 0 Å². The van der Waals surface area contributed by atoms with Crippen molar-refractivity contribution >= 4 is 27.0 Å². The number of nitrogens with one attached hydrogen (secondary N) is 1. The summed E-state index contributed by atoms with van der Waals surface area (Å²) in [5, 5.41) is 0. The quantitative estimate of drug-likeness (QED) is 0.144. The molecule has 1 amide bonds. The normalized spacial score (nSPS) is 13.2. The first-order valence-corrected chi connectivity index (χ1v) is 18.3. The molecule has 0 spiro atoms. The van der Waals surface area contributed by atoms with Crippen molar-refractivity contribution in [1.29, 1.82) is 0 Å². The molecule has 1 aliphatic heterocycles. The zero-order chi connectivity index (χ0) is 34.9. The summed E-state index contributed by atoms with van der Waals surface area (Å²) in [5.74, 6) is 1.93. The van der Waals surface area contributed by atoms with Gasteiger partial charge in [0.1, 0.15) is 11.6 Å². The second-order valence-electron chi connectivity index (χ2n) is 12.9. The van der Waals surface area contributed by atoms with Crippen LogP contribution in [0.5, 0.6) is 17.2 Å². The molecule has 2 heterocycles. The van der Waals surface area contributed by atoms with Crippen molar-refractivity contribution in [3.05, 3.63) is 112 Å². The van der Waals surface area contributed by atoms with Gasteiger partial charge in [0, 0.05) is 18.5 Å². The van der Waals surface area contributed by atoms with E-state index in [0.717, 1.165) is 52.0 Å². The standard InChI is InChI=1S/C39H43N3O6S/c1-7-9-29-20-27(22-42-32-19-25(5)18-26(6)37(32)40-36(42)8-2)10-16-33(29)48-38(30-13-17-34-35(21-30)47-23-46-34)39(43)41-49(44,45)31-14-11-28(12-15-31)24(3)4/h10-21,24,38H,7-9,22-23H2,1-6H3,(H,41,43). The first kappa shape index (κ1) is 34.0. The third-order valence-electron chi connectivity index (χ3n) is 8.84. The van der Waals surface area contributed by atoms with Gasteiger partial charge in [-0.3, -0.25) is 4.79 Å². The predicted octanol–water partition coefficient (Wildman–Crippen LogP) is 7.69. The van der Waals surface area contributed by atoms with Crippen LogP contribution in [0, 0.1) is 13.8 Å². The average Bonchev–Trinajstić information content (AvgIpc) is 3.68. The maximum absolute atomic E-state index is 13.9. The van der Waals surface area contributed by atoms with Gasteiger partial charge in [0.2, 0.25) is 12.9 Å². The molecular formula is C39H43N3O6S. The molecule has 4 aromatic carbocycles. The van der Waals surface area contributed by atoms with Crippen LogP contribution in [0.4, 0.5) is 0 Å². The Morgan fingerprint density at radius 2 is 1.67 bits per heavy atom. The van der Waals surface area contributed by atoms with Crippen LogP contribution in [-0.4, -0.2) is 30.7 Å². The first-order chi connectivity index (χ1) is 23.5. The van der Waals surface area contributed by atoms with Gasteiger partial charge in [-0.15, -0.1) is 0 Å². The van der Waals surface area contributed by atoms with Crippen LogP contribution < -0.4 is 18.9 Å². The van der Waals surface area contributed by atoms with E-state index in [-0.39, 0.29) is 17.6 Å². The molecule has 10 heteroatoms. The van der Waals surface area contributed by atoms with Crippen LogP contribution in [0.25, 0.3) is 11.0 Å². The predicted molar refractivity (Wildman–Crippen MR) is 190 cm³/mol. The Hall–Kier alpha value is -4.83. The second kappa shape index (κ2) is 14.0. The fourth-order valence-electron chi connectivity index (χ4n) is 6.31. The van der Waals surface area contributed by atoms with Gasteiger partial charge in [-0.05, 0) is 90.4 Å². The monoisotopic (exact) mass is 681 g/mol. The Balaban J connectivity index is 1.33. The number of hydrogen-bond acceptors (Lipinski definition) is 7. The number of rotatable bonds is 12. The van der Waals surface area contributed by atoms with Crippen molar-refractivity contribution < 1.29 is 27.4 Å². The van der Waals surface area contributed by atoms with Crippen LogP contribution in [-0.2, 0) is 34.2 Å². The number of sulfonamides is 1. The van der Waals surface area contributed by atoms with Crippen molar-refractivity contribution in [2.75, 3.05) is 6.79 Å². The maximum Gasteiger partial charge on any atom is 0.279 e. The Labute approximate surface area is 288 Å². The molecule has 9 nitrogen and oxygen atoms in total. The lowest BCUT2D eigenvalue weighted by Crippen LogP contribution is -2.37. The Morgan fingerprint density at radius 3 is 2.39 bits per heavy atom. The van der Waals surface area contributed by atoms with E-state index in [9.17, 15) is 13.2 Å². The van der Waals surface area contributed by atoms with Crippen LogP contribution in [0.1, 0.15) is 85.3 Å². The number of benzene rings is 4. The molecule has 0 aliphatic carbocycles. The number of fused-ring (bicyclic) bond motifs is 2. The van der Waals surface area contributed by atoms with Crippen LogP contribution in [0.15, 0.2) is 77.7 Å². The van der Waals surface area contributed by atoms with E-state index < -0.39 is 22.0 Å². The number of ether oxygens (including phenoxy) is 3. The zero-order valence-corrected chi connectivity index (χ0v) is 29.7. The summed E-state index contributed by atoms with van der Waals surface area (Å²) in [6.45, 7) is 13.1. The summed E-state index contributed by atoms with van der Waals surface area (Å²) in [6.07, 6.45) is 1.04. The van der Waals surface area contributed by atoms with Crippen molar-refractivity contribution in [3.8, 4) is 17.2 Å². The Morgan fingerprint density at radius 1 is 0.939 bits per heavy atom. The Kier molecular flexibility index (Phi) is 9.70. The topological polar surface area (TPSA) is 109 Å². The summed E-state index contributed by atoms with van der Waals surface area (Å²) in [4.78, 5) is 18.9. The fraction of sp³-hybridized carbons (Fsp3) is 0.333. The molecule has 1 aromatic heterocycles. The molecular weight excluding hydrogens is 639 g/mol. The minimum atomic E-state index is -4.19. The number of nitrogens with zero attached hydrogens (tertiary/aromatic N) is 2. The minimum absolute atomic E-state index is 0.00502. The molecule has 256 valence electrons. The highest BCUT2D eigenvalue weighted by Crippen LogP contribution is 2.37. The van der Waals surface area contributed by atoms with Crippen molar-refractivity contribution in [2.45, 2.75) is 84.3 Å². The summed E-state index contributed by atoms with van der Waals surface area (Å²) >= 11 is 0. The van der Waals surface area contributed by atoms with Gasteiger partial charge in [-0.2, -0.15) is 0 Å². The van der Waals surface area contributed by atoms with E-state index in [2.05, 4.69) is 55.2 Å². The molecule has 0 radical (unpaired) electrons. The van der Waals surface area contributed by atoms with Gasteiger partial charge < -0.3 is 18.8 Å². The molecule has 1 unspecified atom stereocenters. The number of aryl methyl sites for hydroxylation is 4. The largest absolute Gasteiger partial charge is 0.475 e. The average molecular weight is 682 g/mol. The van der Waals surface area contributed by atoms with E-state index in [4.69, 9.17) is 19.2 Å². The smallest absolute Gasteiger partial charge is 0.279 e. The lowest BCUT2D eigenvalue weighted by atomic mass is 10.0. The van der Waals surface area contributed by atoms with Crippen LogP contribution in [0.2, 0.25) is 0 Å². The lowest BCUT2D eigenvalue weighted by molar-refractivity contribution is -0.126. The highest BCUT2D eigenvalue weighted by Gasteiger charge is 2.30. The maximum atomic E-state index is 13.9. The molecule has 49 heavy (non-hydrogen) atoms. The van der Waals surface area contributed by atoms with Crippen LogP contribution in [0.3, 0.4) is 0 Å². The lowest BCUT2D eigenvalue weighted by Gasteiger charge is -2.22. The van der Waals surface area contributed by atoms with Crippen molar-refractivity contribution in [2.24, 2.45) is 0 Å². The van der Waals surface area contributed by atoms with Gasteiger partial charge in [0.15, 0.2) is 11.5 Å². The molecule has 6 rings (SSSR count). The number of hydrogen-bond donors (Lipinski definition) is 1. The number of carbonyl (C=O) groups is 1. The molecule has 0 saturated carbocycles. The molecule has 0 saturated heterocycles. The molecule has 0 bridgehead atoms. The van der Waals surface area contributed by atoms with Gasteiger partial charge in [-0.25, -0.2) is 18.1 Å². The number of amides is 1. The van der Waals surface area contributed by atoms with E-state index >= 15 is 0 Å². The molecule has 1 atom stereocenters. The summed E-state index contributed by atoms with van der Waals surface area (Å²) in [6, 6.07) is 21.9.